The Bertz CT molecular complexity index is 6680. The van der Waals surface area contributed by atoms with Crippen LogP contribution in [0, 0.1) is 20.8 Å². The number of nitrogens with zero attached hydrogens (tertiary/aromatic N) is 8. The highest BCUT2D eigenvalue weighted by molar-refractivity contribution is 7.86. The fourth-order valence-electron chi connectivity index (χ4n) is 10.9. The number of para-hydroxylation sites is 2. The third-order valence-corrected chi connectivity index (χ3v) is 20.9. The normalized spacial score (nSPS) is 11.9. The van der Waals surface area contributed by atoms with Gasteiger partial charge in [0.1, 0.15) is 77.1 Å². The number of carboxylic acid groups (broad SMARTS) is 2. The zero-order valence-electron chi connectivity index (χ0n) is 59.1. The number of azo groups is 4. The zero-order chi connectivity index (χ0) is 82.9. The number of ether oxygens (including phenoxy) is 1. The van der Waals surface area contributed by atoms with E-state index in [4.69, 9.17) is 32.5 Å². The van der Waals surface area contributed by atoms with Gasteiger partial charge in [0.05, 0.1) is 28.9 Å². The highest BCUT2D eigenvalue weighted by Gasteiger charge is 2.25. The summed E-state index contributed by atoms with van der Waals surface area (Å²) in [7, 11) is -16.5. The van der Waals surface area contributed by atoms with Crippen LogP contribution >= 0.6 is 23.2 Å². The number of aromatic carboxylic acids is 2. The van der Waals surface area contributed by atoms with E-state index in [1.54, 1.807) is 148 Å². The van der Waals surface area contributed by atoms with Gasteiger partial charge in [-0.05, 0) is 156 Å². The quantitative estimate of drug-likeness (QED) is 0.0298. The molecule has 0 aliphatic heterocycles. The van der Waals surface area contributed by atoms with Crippen molar-refractivity contribution < 1.29 is 102 Å². The van der Waals surface area contributed by atoms with Gasteiger partial charge in [-0.2, -0.15) is 38.8 Å². The standard InChI is InChI=1S/C24H19N3O6S.C18H13ClN2O6S.C18H14N2O6S.C17H13ClN2O4S/c1-33-21-9-5-4-8-20(21)25-24(29)19-14-15-6-2-3-7-18(15)22(23(19)28)27-26-16-10-12-17(13-11-16)34(30,31)32;1-9-6-15(28(25,26)27)14(8-13(9)19)20-21-16-11-5-3-2-4-10(11)7-12(17(16)22)18(23)24;1-10-6-7-14(15(8-10)27(24,25)26)19-20-16-12-5-3-2-4-11(12)9-13(17(16)21)18(22)23;1-10-8-14(16(9-13(10)18)25(22,23)24)19-20-17-12-5-3-2-4-11(12)6-7-15(17)21/h2-14,28H,1H3,(H,25,29)(H,30,31,32);2-8,22H,1H3,(H,23,24)(H,25,26,27);2-9,21H,1H3,(H,22,23)(H,24,25,26);2-9,21H,1H3,(H,22,23,24). The van der Waals surface area contributed by atoms with Crippen molar-refractivity contribution in [2.45, 2.75) is 40.4 Å². The van der Waals surface area contributed by atoms with Crippen LogP contribution in [0.2, 0.25) is 10.0 Å². The Morgan fingerprint density at radius 1 is 0.377 bits per heavy atom. The molecule has 0 unspecified atom stereocenters. The number of fused-ring (bicyclic) bond motifs is 4. The highest BCUT2D eigenvalue weighted by atomic mass is 35.5. The number of halogens is 2. The molecule has 13 aromatic carbocycles. The lowest BCUT2D eigenvalue weighted by molar-refractivity contribution is 0.0682. The predicted molar refractivity (Wildman–Crippen MR) is 423 cm³/mol. The molecule has 582 valence electrons. The molecule has 11 N–H and O–H groups in total. The van der Waals surface area contributed by atoms with Crippen LogP contribution in [-0.4, -0.2) is 107 Å². The van der Waals surface area contributed by atoms with E-state index in [1.807, 2.05) is 12.1 Å². The van der Waals surface area contributed by atoms with E-state index >= 15 is 0 Å². The number of hydrogen-bond acceptors (Lipinski definition) is 24. The van der Waals surface area contributed by atoms with Gasteiger partial charge >= 0.3 is 11.9 Å². The number of aromatic hydroxyl groups is 4. The Morgan fingerprint density at radius 3 is 1.26 bits per heavy atom. The summed E-state index contributed by atoms with van der Waals surface area (Å²) >= 11 is 11.9. The molecule has 0 aromatic heterocycles. The van der Waals surface area contributed by atoms with Crippen LogP contribution < -0.4 is 10.1 Å². The van der Waals surface area contributed by atoms with Gasteiger partial charge in [-0.15, -0.1) is 35.8 Å². The average Bonchev–Trinajstić information content (AvgIpc) is 0.789. The van der Waals surface area contributed by atoms with Crippen LogP contribution in [0.4, 0.5) is 51.2 Å². The molecule has 114 heavy (non-hydrogen) atoms. The number of rotatable bonds is 17. The Kier molecular flexibility index (Phi) is 25.4. The summed E-state index contributed by atoms with van der Waals surface area (Å²) in [5, 5.41) is 99.4. The van der Waals surface area contributed by atoms with Gasteiger partial charge in [0.2, 0.25) is 0 Å². The van der Waals surface area contributed by atoms with Gasteiger partial charge in [-0.1, -0.05) is 145 Å². The molecular weight excluding hydrogens is 1600 g/mol. The fourth-order valence-corrected chi connectivity index (χ4v) is 13.8. The second-order valence-corrected chi connectivity index (χ2v) is 30.7. The lowest BCUT2D eigenvalue weighted by Crippen LogP contribution is -2.13. The van der Waals surface area contributed by atoms with Crippen LogP contribution in [0.25, 0.3) is 43.1 Å². The van der Waals surface area contributed by atoms with Crippen molar-refractivity contribution in [1.29, 1.82) is 0 Å². The number of methoxy groups -OCH3 is 1. The molecule has 0 aliphatic rings. The van der Waals surface area contributed by atoms with Crippen molar-refractivity contribution in [3.8, 4) is 28.7 Å². The second kappa shape index (κ2) is 34.7. The molecule has 13 rings (SSSR count). The van der Waals surface area contributed by atoms with Gasteiger partial charge < -0.3 is 40.7 Å². The molecule has 0 saturated heterocycles. The average molecular weight is 1660 g/mol. The summed E-state index contributed by atoms with van der Waals surface area (Å²) in [6, 6.07) is 55.8. The van der Waals surface area contributed by atoms with Crippen LogP contribution in [0.3, 0.4) is 0 Å². The highest BCUT2D eigenvalue weighted by Crippen LogP contribution is 2.45. The number of hydrogen-bond donors (Lipinski definition) is 11. The smallest absolute Gasteiger partial charge is 0.339 e. The van der Waals surface area contributed by atoms with Crippen molar-refractivity contribution >= 4 is 176 Å². The Balaban J connectivity index is 0.000000162. The maximum atomic E-state index is 13.0. The van der Waals surface area contributed by atoms with E-state index in [-0.39, 0.29) is 88.6 Å². The fraction of sp³-hybridized carbons (Fsp3) is 0.0519. The minimum Gasteiger partial charge on any atom is -0.506 e. The number of phenolic OH excluding ortho intramolecular Hbond substituents is 2. The number of nitrogens with one attached hydrogen (secondary N) is 1. The van der Waals surface area contributed by atoms with Gasteiger partial charge in [0.15, 0.2) is 17.2 Å². The summed E-state index contributed by atoms with van der Waals surface area (Å²) in [5.41, 5.74) is 1.03. The summed E-state index contributed by atoms with van der Waals surface area (Å²) in [5.74, 6) is -4.50. The van der Waals surface area contributed by atoms with Crippen molar-refractivity contribution in [2.75, 3.05) is 12.4 Å². The van der Waals surface area contributed by atoms with E-state index < -0.39 is 84.5 Å². The monoisotopic (exact) mass is 1660 g/mol. The van der Waals surface area contributed by atoms with Crippen molar-refractivity contribution in [3.05, 3.63) is 262 Å². The molecule has 1 amide bonds. The van der Waals surface area contributed by atoms with E-state index in [9.17, 15) is 92.4 Å². The molecule has 0 spiro atoms. The third-order valence-electron chi connectivity index (χ3n) is 16.5. The summed E-state index contributed by atoms with van der Waals surface area (Å²) in [6.07, 6.45) is 0. The number of anilines is 1. The van der Waals surface area contributed by atoms with Gasteiger partial charge in [0, 0.05) is 31.6 Å². The molecule has 0 heterocycles. The number of aryl methyl sites for hydroxylation is 3. The molecule has 0 atom stereocenters. The van der Waals surface area contributed by atoms with Gasteiger partial charge in [-0.25, -0.2) is 9.59 Å². The van der Waals surface area contributed by atoms with Crippen molar-refractivity contribution in [2.24, 2.45) is 40.9 Å². The molecule has 31 nitrogen and oxygen atoms in total. The molecule has 0 radical (unpaired) electrons. The largest absolute Gasteiger partial charge is 0.506 e. The molecule has 37 heteroatoms. The maximum absolute atomic E-state index is 13.0. The Morgan fingerprint density at radius 2 is 0.772 bits per heavy atom. The first-order valence-electron chi connectivity index (χ1n) is 32.6. The predicted octanol–water partition coefficient (Wildman–Crippen LogP) is 19.7. The maximum Gasteiger partial charge on any atom is 0.339 e. The minimum absolute atomic E-state index is 0.0136. The van der Waals surface area contributed by atoms with E-state index in [1.165, 1.54) is 73.8 Å². The van der Waals surface area contributed by atoms with Gasteiger partial charge in [0.25, 0.3) is 46.4 Å². The molecule has 0 fully saturated rings. The molecular formula is C77H59Cl2N9O22S4. The number of carbonyl (C=O) groups is 3. The van der Waals surface area contributed by atoms with Crippen LogP contribution in [0.5, 0.6) is 28.7 Å². The van der Waals surface area contributed by atoms with Crippen LogP contribution in [0.15, 0.2) is 279 Å². The molecule has 0 saturated carbocycles. The van der Waals surface area contributed by atoms with Crippen molar-refractivity contribution in [3.63, 3.8) is 0 Å². The topological polar surface area (TPSA) is 510 Å². The van der Waals surface area contributed by atoms with Gasteiger partial charge in [-0.3, -0.25) is 23.0 Å². The molecule has 0 bridgehead atoms. The first-order chi connectivity index (χ1) is 53.8. The number of carboxylic acids is 2. The number of carbonyl (C=O) groups excluding carboxylic acids is 1. The minimum atomic E-state index is -4.62. The van der Waals surface area contributed by atoms with Crippen LogP contribution in [0.1, 0.15) is 47.8 Å². The van der Waals surface area contributed by atoms with Crippen molar-refractivity contribution in [1.82, 2.24) is 0 Å². The third kappa shape index (κ3) is 19.6. The van der Waals surface area contributed by atoms with Crippen LogP contribution in [-0.2, 0) is 40.5 Å². The zero-order valence-corrected chi connectivity index (χ0v) is 63.9. The lowest BCUT2D eigenvalue weighted by atomic mass is 10.0. The SMILES string of the molecule is COc1ccccc1NC(=O)c1cc2ccccc2c(N=Nc2ccc(S(=O)(=O)O)cc2)c1O.Cc1cc(N=Nc2c(O)ccc3ccccc23)c(S(=O)(=O)O)cc1Cl.Cc1cc(S(=O)(=O)O)c(N=Nc2c(O)c(C(=O)O)cc3ccccc23)cc1Cl.Cc1ccc(N=Nc2c(O)c(C(=O)O)cc3ccccc23)c(S(=O)(=O)O)c1. The number of phenols is 4. The Labute approximate surface area is 657 Å². The Hall–Kier alpha value is -13.1. The molecule has 13 aromatic rings. The number of benzene rings is 13. The lowest BCUT2D eigenvalue weighted by Gasteiger charge is -2.13. The molecule has 0 aliphatic carbocycles. The van der Waals surface area contributed by atoms with E-state index in [0.717, 1.165) is 17.5 Å². The summed E-state index contributed by atoms with van der Waals surface area (Å²) in [4.78, 5) is 34.1. The second-order valence-electron chi connectivity index (χ2n) is 24.3. The summed E-state index contributed by atoms with van der Waals surface area (Å²) in [6.45, 7) is 4.86. The number of amides is 1. The first-order valence-corrected chi connectivity index (χ1v) is 39.1. The van der Waals surface area contributed by atoms with E-state index in [0.29, 0.717) is 65.8 Å². The van der Waals surface area contributed by atoms with E-state index in [2.05, 4.69) is 46.2 Å². The summed E-state index contributed by atoms with van der Waals surface area (Å²) < 4.78 is 134. The first kappa shape index (κ1) is 83.4.